The molecular formula is C51H45N3. The smallest absolute Gasteiger partial charge is 0.177 e. The van der Waals surface area contributed by atoms with Gasteiger partial charge in [0, 0.05) is 34.3 Å². The number of hydrogen-bond acceptors (Lipinski definition) is 3. The van der Waals surface area contributed by atoms with E-state index in [4.69, 9.17) is 4.99 Å². The van der Waals surface area contributed by atoms with Crippen LogP contribution in [0.3, 0.4) is 0 Å². The molecule has 4 unspecified atom stereocenters. The second-order valence-electron chi connectivity index (χ2n) is 16.3. The number of hydrogen-bond donors (Lipinski definition) is 1. The van der Waals surface area contributed by atoms with E-state index < -0.39 is 0 Å². The Morgan fingerprint density at radius 2 is 1.26 bits per heavy atom. The summed E-state index contributed by atoms with van der Waals surface area (Å²) in [5, 5.41) is 4.20. The lowest BCUT2D eigenvalue weighted by molar-refractivity contribution is 0.293. The van der Waals surface area contributed by atoms with E-state index in [1.165, 1.54) is 72.5 Å². The van der Waals surface area contributed by atoms with Crippen LogP contribution in [0.25, 0.3) is 39.0 Å². The topological polar surface area (TPSA) is 27.6 Å². The van der Waals surface area contributed by atoms with E-state index in [2.05, 4.69) is 202 Å². The van der Waals surface area contributed by atoms with E-state index in [-0.39, 0.29) is 23.3 Å². The molecule has 0 radical (unpaired) electrons. The molecule has 2 heterocycles. The van der Waals surface area contributed by atoms with Gasteiger partial charge in [-0.15, -0.1) is 0 Å². The Labute approximate surface area is 319 Å². The minimum atomic E-state index is -0.376. The van der Waals surface area contributed by atoms with Crippen molar-refractivity contribution in [3.63, 3.8) is 0 Å². The lowest BCUT2D eigenvalue weighted by Crippen LogP contribution is -2.59. The van der Waals surface area contributed by atoms with Crippen molar-refractivity contribution in [3.8, 4) is 33.4 Å². The van der Waals surface area contributed by atoms with Crippen molar-refractivity contribution in [1.29, 1.82) is 0 Å². The fraction of sp³-hybridized carbons (Fsp3) is 0.196. The zero-order valence-electron chi connectivity index (χ0n) is 31.4. The van der Waals surface area contributed by atoms with Gasteiger partial charge in [-0.1, -0.05) is 172 Å². The van der Waals surface area contributed by atoms with Crippen molar-refractivity contribution >= 4 is 17.0 Å². The quantitative estimate of drug-likeness (QED) is 0.194. The van der Waals surface area contributed by atoms with Crippen LogP contribution < -0.4 is 10.2 Å². The standard InChI is InChI=1S/C51H45N3/c1-33-15-13-23-43-42-27-25-38(37-21-14-20-36(29-37)34-16-7-5-8-17-34)30-47(42)54(48(33)43)49-52-46(35-18-9-6-10-19-35)32-51(4,53-49)39-26-28-41-40-22-11-12-24-44(40)50(2,3)45(41)31-39/h5-31,33,48-49,53H,32H2,1-4H3. The maximum Gasteiger partial charge on any atom is 0.177 e. The van der Waals surface area contributed by atoms with Crippen LogP contribution in [0.1, 0.15) is 61.9 Å². The molecule has 0 aromatic heterocycles. The lowest BCUT2D eigenvalue weighted by Gasteiger charge is -2.45. The van der Waals surface area contributed by atoms with Crippen LogP contribution in [0.2, 0.25) is 0 Å². The Hall–Kier alpha value is -5.77. The molecule has 1 N–H and O–H groups in total. The minimum absolute atomic E-state index is 0.0750. The number of aliphatic imine (C=N–C) groups is 1. The maximum atomic E-state index is 5.65. The van der Waals surface area contributed by atoms with Crippen molar-refractivity contribution in [2.75, 3.05) is 4.90 Å². The van der Waals surface area contributed by atoms with Gasteiger partial charge in [0.1, 0.15) is 0 Å². The molecule has 4 aliphatic rings. The highest BCUT2D eigenvalue weighted by atomic mass is 15.4. The summed E-state index contributed by atoms with van der Waals surface area (Å²) in [6, 6.07) is 53.8. The van der Waals surface area contributed by atoms with Crippen molar-refractivity contribution < 1.29 is 0 Å². The summed E-state index contributed by atoms with van der Waals surface area (Å²) in [6.45, 7) is 9.48. The van der Waals surface area contributed by atoms with E-state index in [9.17, 15) is 0 Å². The number of fused-ring (bicyclic) bond motifs is 6. The molecule has 2 aliphatic carbocycles. The molecule has 10 rings (SSSR count). The molecular weight excluding hydrogens is 655 g/mol. The van der Waals surface area contributed by atoms with Gasteiger partial charge in [0.15, 0.2) is 6.29 Å². The highest BCUT2D eigenvalue weighted by molar-refractivity contribution is 6.02. The molecule has 2 aliphatic heterocycles. The van der Waals surface area contributed by atoms with E-state index in [1.54, 1.807) is 0 Å². The minimum Gasteiger partial charge on any atom is -0.329 e. The molecule has 3 nitrogen and oxygen atoms in total. The largest absolute Gasteiger partial charge is 0.329 e. The normalized spacial score (nSPS) is 23.2. The molecule has 0 saturated carbocycles. The first-order chi connectivity index (χ1) is 26.3. The van der Waals surface area contributed by atoms with Crippen LogP contribution in [-0.2, 0) is 11.0 Å². The second-order valence-corrected chi connectivity index (χ2v) is 16.3. The maximum absolute atomic E-state index is 5.65. The number of allylic oxidation sites excluding steroid dienone is 2. The van der Waals surface area contributed by atoms with Crippen molar-refractivity contribution in [3.05, 3.63) is 192 Å². The Kier molecular flexibility index (Phi) is 7.54. The SMILES string of the molecule is CC1C=CC=C2c3ccc(-c4cccc(-c5ccccc5)c4)cc3N(C3N=C(c4ccccc4)CC(C)(c4ccc5c(c4)C(C)(C)c4ccccc4-5)N3)C21. The average Bonchev–Trinajstić information content (AvgIpc) is 3.67. The van der Waals surface area contributed by atoms with Gasteiger partial charge in [0.2, 0.25) is 0 Å². The van der Waals surface area contributed by atoms with Gasteiger partial charge in [-0.3, -0.25) is 5.32 Å². The molecule has 3 heteroatoms. The molecule has 0 saturated heterocycles. The Bertz CT molecular complexity index is 2520. The lowest BCUT2D eigenvalue weighted by atomic mass is 9.78. The second kappa shape index (κ2) is 12.4. The highest BCUT2D eigenvalue weighted by Gasteiger charge is 2.46. The zero-order chi connectivity index (χ0) is 36.6. The summed E-state index contributed by atoms with van der Waals surface area (Å²) >= 11 is 0. The number of nitrogens with one attached hydrogen (secondary N) is 1. The van der Waals surface area contributed by atoms with Gasteiger partial charge >= 0.3 is 0 Å². The fourth-order valence-electron chi connectivity index (χ4n) is 9.65. The summed E-state index contributed by atoms with van der Waals surface area (Å²) in [4.78, 5) is 8.24. The van der Waals surface area contributed by atoms with Crippen LogP contribution in [0.4, 0.5) is 5.69 Å². The van der Waals surface area contributed by atoms with Crippen LogP contribution in [-0.4, -0.2) is 18.0 Å². The summed E-state index contributed by atoms with van der Waals surface area (Å²) in [5.41, 5.74) is 17.4. The molecule has 0 fully saturated rings. The Morgan fingerprint density at radius 1 is 0.611 bits per heavy atom. The van der Waals surface area contributed by atoms with Gasteiger partial charge in [-0.25, -0.2) is 4.99 Å². The first kappa shape index (κ1) is 32.8. The summed E-state index contributed by atoms with van der Waals surface area (Å²) in [5.74, 6) is 0.312. The van der Waals surface area contributed by atoms with Gasteiger partial charge in [0.05, 0.1) is 6.04 Å². The van der Waals surface area contributed by atoms with Crippen molar-refractivity contribution in [2.24, 2.45) is 10.9 Å². The van der Waals surface area contributed by atoms with Gasteiger partial charge in [0.25, 0.3) is 0 Å². The monoisotopic (exact) mass is 699 g/mol. The fourth-order valence-corrected chi connectivity index (χ4v) is 9.65. The van der Waals surface area contributed by atoms with Crippen LogP contribution in [0.5, 0.6) is 0 Å². The highest BCUT2D eigenvalue weighted by Crippen LogP contribution is 2.51. The molecule has 4 atom stereocenters. The first-order valence-corrected chi connectivity index (χ1v) is 19.4. The van der Waals surface area contributed by atoms with E-state index in [0.29, 0.717) is 5.92 Å². The third-order valence-electron chi connectivity index (χ3n) is 12.5. The molecule has 0 bridgehead atoms. The number of anilines is 1. The number of benzene rings is 6. The molecule has 0 amide bonds. The zero-order valence-corrected chi connectivity index (χ0v) is 31.4. The van der Waals surface area contributed by atoms with Gasteiger partial charge < -0.3 is 4.90 Å². The average molecular weight is 700 g/mol. The predicted octanol–water partition coefficient (Wildman–Crippen LogP) is 11.8. The third-order valence-corrected chi connectivity index (χ3v) is 12.5. The summed E-state index contributed by atoms with van der Waals surface area (Å²) in [7, 11) is 0. The van der Waals surface area contributed by atoms with E-state index in [1.807, 2.05) is 0 Å². The summed E-state index contributed by atoms with van der Waals surface area (Å²) < 4.78 is 0. The van der Waals surface area contributed by atoms with Gasteiger partial charge in [-0.05, 0) is 86.2 Å². The van der Waals surface area contributed by atoms with Crippen LogP contribution >= 0.6 is 0 Å². The molecule has 6 aromatic carbocycles. The third kappa shape index (κ3) is 5.17. The number of nitrogens with zero attached hydrogens (tertiary/aromatic N) is 2. The van der Waals surface area contributed by atoms with Crippen LogP contribution in [0, 0.1) is 5.92 Å². The van der Waals surface area contributed by atoms with E-state index >= 15 is 0 Å². The molecule has 54 heavy (non-hydrogen) atoms. The Balaban J connectivity index is 1.10. The predicted molar refractivity (Wildman–Crippen MR) is 226 cm³/mol. The number of rotatable bonds is 5. The Morgan fingerprint density at radius 3 is 2.06 bits per heavy atom. The van der Waals surface area contributed by atoms with Crippen molar-refractivity contribution in [1.82, 2.24) is 5.32 Å². The van der Waals surface area contributed by atoms with Gasteiger partial charge in [-0.2, -0.15) is 0 Å². The summed E-state index contributed by atoms with van der Waals surface area (Å²) in [6.07, 6.45) is 7.41. The first-order valence-electron chi connectivity index (χ1n) is 19.4. The van der Waals surface area contributed by atoms with Crippen LogP contribution in [0.15, 0.2) is 169 Å². The van der Waals surface area contributed by atoms with Crippen molar-refractivity contribution in [2.45, 2.75) is 57.4 Å². The van der Waals surface area contributed by atoms with E-state index in [0.717, 1.165) is 12.1 Å². The molecule has 0 spiro atoms. The molecule has 6 aromatic rings. The molecule has 264 valence electrons.